The number of aromatic nitrogens is 3. The molecule has 1 heterocycles. The van der Waals surface area contributed by atoms with Crippen LogP contribution in [-0.2, 0) is 11.4 Å². The van der Waals surface area contributed by atoms with Crippen LogP contribution in [0.2, 0.25) is 0 Å². The topological polar surface area (TPSA) is 95.1 Å². The Bertz CT molecular complexity index is 771. The van der Waals surface area contributed by atoms with Crippen LogP contribution < -0.4 is 15.9 Å². The van der Waals surface area contributed by atoms with E-state index in [1.54, 1.807) is 0 Å². The van der Waals surface area contributed by atoms with Gasteiger partial charge >= 0.3 is 0 Å². The number of amides is 1. The van der Waals surface area contributed by atoms with Crippen LogP contribution in [0.15, 0.2) is 29.4 Å². The number of nitrogens with two attached hydrogens (primary N) is 1. The summed E-state index contributed by atoms with van der Waals surface area (Å²) in [6, 6.07) is 8.21. The lowest BCUT2D eigenvalue weighted by atomic mass is 10.0. The number of carbonyl (C=O) groups excluding carboxylic acids is 1. The molecule has 1 aromatic carbocycles. The number of nitrogens with zero attached hydrogens (tertiary/aromatic N) is 3. The number of rotatable bonds is 9. The summed E-state index contributed by atoms with van der Waals surface area (Å²) in [4.78, 5) is 12.0. The van der Waals surface area contributed by atoms with Crippen LogP contribution >= 0.6 is 11.8 Å². The molecule has 7 nitrogen and oxygen atoms in total. The van der Waals surface area contributed by atoms with E-state index in [0.717, 1.165) is 5.75 Å². The van der Waals surface area contributed by atoms with Crippen molar-refractivity contribution in [1.29, 1.82) is 0 Å². The van der Waals surface area contributed by atoms with Crippen molar-refractivity contribution < 1.29 is 9.53 Å². The molecule has 3 N–H and O–H groups in total. The fraction of sp³-hybridized carbons (Fsp3) is 0.526. The van der Waals surface area contributed by atoms with Crippen molar-refractivity contribution in [3.8, 4) is 5.75 Å². The van der Waals surface area contributed by atoms with E-state index in [4.69, 9.17) is 10.6 Å². The van der Waals surface area contributed by atoms with Crippen LogP contribution in [0.3, 0.4) is 0 Å². The van der Waals surface area contributed by atoms with Crippen LogP contribution in [0.5, 0.6) is 5.75 Å². The normalized spacial score (nSPS) is 15.0. The molecule has 146 valence electrons. The standard InChI is InChI=1S/C19H27N5O2S/c1-12(2)14-6-8-16(9-7-14)26-10-17-22-23-19(24(17)20)27-11-18(25)21-13(3)15-4-5-15/h6-9,12-13,15H,4-5,10-11,20H2,1-3H3,(H,21,25). The molecule has 0 saturated heterocycles. The number of ether oxygens (including phenoxy) is 1. The zero-order chi connectivity index (χ0) is 19.4. The lowest BCUT2D eigenvalue weighted by Crippen LogP contribution is -2.35. The summed E-state index contributed by atoms with van der Waals surface area (Å²) in [5.41, 5.74) is 1.26. The maximum atomic E-state index is 12.0. The van der Waals surface area contributed by atoms with Crippen LogP contribution in [-0.4, -0.2) is 32.6 Å². The third-order valence-electron chi connectivity index (χ3n) is 4.70. The van der Waals surface area contributed by atoms with Gasteiger partial charge in [0.2, 0.25) is 11.1 Å². The maximum Gasteiger partial charge on any atom is 0.230 e. The zero-order valence-electron chi connectivity index (χ0n) is 16.0. The number of thioether (sulfide) groups is 1. The Hall–Kier alpha value is -2.22. The predicted molar refractivity (Wildman–Crippen MR) is 106 cm³/mol. The summed E-state index contributed by atoms with van der Waals surface area (Å²) in [5, 5.41) is 11.6. The molecule has 0 spiro atoms. The van der Waals surface area contributed by atoms with Gasteiger partial charge in [0, 0.05) is 6.04 Å². The Morgan fingerprint density at radius 2 is 2.00 bits per heavy atom. The molecular formula is C19H27N5O2S. The van der Waals surface area contributed by atoms with E-state index in [1.165, 1.54) is 34.8 Å². The monoisotopic (exact) mass is 389 g/mol. The summed E-state index contributed by atoms with van der Waals surface area (Å²) in [5.74, 6) is 8.68. The van der Waals surface area contributed by atoms with Gasteiger partial charge in [-0.05, 0) is 49.3 Å². The Balaban J connectivity index is 1.48. The van der Waals surface area contributed by atoms with E-state index < -0.39 is 0 Å². The summed E-state index contributed by atoms with van der Waals surface area (Å²) < 4.78 is 7.12. The Morgan fingerprint density at radius 1 is 1.30 bits per heavy atom. The second kappa shape index (κ2) is 8.65. The van der Waals surface area contributed by atoms with Crippen molar-refractivity contribution >= 4 is 17.7 Å². The first-order valence-electron chi connectivity index (χ1n) is 9.28. The highest BCUT2D eigenvalue weighted by Crippen LogP contribution is 2.32. The van der Waals surface area contributed by atoms with Gasteiger partial charge in [0.25, 0.3) is 0 Å². The average Bonchev–Trinajstić information content (AvgIpc) is 3.44. The summed E-state index contributed by atoms with van der Waals surface area (Å²) in [6.07, 6.45) is 2.41. The maximum absolute atomic E-state index is 12.0. The minimum absolute atomic E-state index is 0.00885. The molecule has 1 fully saturated rings. The summed E-state index contributed by atoms with van der Waals surface area (Å²) in [7, 11) is 0. The number of nitrogens with one attached hydrogen (secondary N) is 1. The van der Waals surface area contributed by atoms with Crippen LogP contribution in [0.1, 0.15) is 50.9 Å². The SMILES string of the molecule is CC(C)c1ccc(OCc2nnc(SCC(=O)NC(C)C3CC3)n2N)cc1. The van der Waals surface area contributed by atoms with Gasteiger partial charge in [-0.1, -0.05) is 37.7 Å². The number of hydrogen-bond acceptors (Lipinski definition) is 6. The van der Waals surface area contributed by atoms with E-state index in [2.05, 4.69) is 48.4 Å². The zero-order valence-corrected chi connectivity index (χ0v) is 16.8. The molecular weight excluding hydrogens is 362 g/mol. The molecule has 2 aromatic rings. The number of carbonyl (C=O) groups is 1. The van der Waals surface area contributed by atoms with Gasteiger partial charge in [-0.2, -0.15) is 0 Å². The molecule has 1 aliphatic rings. The summed E-state index contributed by atoms with van der Waals surface area (Å²) >= 11 is 1.27. The second-order valence-electron chi connectivity index (χ2n) is 7.26. The third kappa shape index (κ3) is 5.38. The fourth-order valence-electron chi connectivity index (χ4n) is 2.74. The lowest BCUT2D eigenvalue weighted by Gasteiger charge is -2.12. The minimum atomic E-state index is -0.00885. The Morgan fingerprint density at radius 3 is 2.63 bits per heavy atom. The predicted octanol–water partition coefficient (Wildman–Crippen LogP) is 2.70. The van der Waals surface area contributed by atoms with Crippen LogP contribution in [0.25, 0.3) is 0 Å². The first-order valence-corrected chi connectivity index (χ1v) is 10.3. The lowest BCUT2D eigenvalue weighted by molar-refractivity contribution is -0.119. The first-order chi connectivity index (χ1) is 12.9. The van der Waals surface area contributed by atoms with E-state index in [-0.39, 0.29) is 24.3 Å². The average molecular weight is 390 g/mol. The van der Waals surface area contributed by atoms with Crippen molar-refractivity contribution in [3.05, 3.63) is 35.7 Å². The largest absolute Gasteiger partial charge is 0.486 e. The highest BCUT2D eigenvalue weighted by atomic mass is 32.2. The number of hydrogen-bond donors (Lipinski definition) is 2. The highest BCUT2D eigenvalue weighted by molar-refractivity contribution is 7.99. The van der Waals surface area contributed by atoms with Crippen molar-refractivity contribution in [2.75, 3.05) is 11.6 Å². The van der Waals surface area contributed by atoms with Gasteiger partial charge in [0.15, 0.2) is 5.82 Å². The van der Waals surface area contributed by atoms with E-state index in [0.29, 0.717) is 22.8 Å². The van der Waals surface area contributed by atoms with Crippen molar-refractivity contribution in [2.24, 2.45) is 5.92 Å². The van der Waals surface area contributed by atoms with Gasteiger partial charge in [-0.15, -0.1) is 10.2 Å². The molecule has 1 aliphatic carbocycles. The van der Waals surface area contributed by atoms with E-state index in [1.807, 2.05) is 12.1 Å². The first kappa shape index (κ1) is 19.5. The quantitative estimate of drug-likeness (QED) is 0.506. The van der Waals surface area contributed by atoms with Gasteiger partial charge in [0.1, 0.15) is 12.4 Å². The Labute approximate surface area is 164 Å². The Kier molecular flexibility index (Phi) is 6.26. The third-order valence-corrected chi connectivity index (χ3v) is 5.64. The van der Waals surface area contributed by atoms with Gasteiger partial charge in [-0.25, -0.2) is 4.68 Å². The minimum Gasteiger partial charge on any atom is -0.486 e. The van der Waals surface area contributed by atoms with E-state index in [9.17, 15) is 4.79 Å². The molecule has 0 bridgehead atoms. The molecule has 1 amide bonds. The van der Waals surface area contributed by atoms with Crippen LogP contribution in [0.4, 0.5) is 0 Å². The molecule has 1 saturated carbocycles. The second-order valence-corrected chi connectivity index (χ2v) is 8.21. The molecule has 0 aliphatic heterocycles. The van der Waals surface area contributed by atoms with Crippen LogP contribution in [0, 0.1) is 5.92 Å². The van der Waals surface area contributed by atoms with E-state index >= 15 is 0 Å². The highest BCUT2D eigenvalue weighted by Gasteiger charge is 2.28. The van der Waals surface area contributed by atoms with Crippen molar-refractivity contribution in [3.63, 3.8) is 0 Å². The van der Waals surface area contributed by atoms with Crippen molar-refractivity contribution in [1.82, 2.24) is 20.2 Å². The van der Waals surface area contributed by atoms with Gasteiger partial charge in [0.05, 0.1) is 5.75 Å². The molecule has 8 heteroatoms. The molecule has 3 rings (SSSR count). The van der Waals surface area contributed by atoms with Crippen molar-refractivity contribution in [2.45, 2.75) is 57.3 Å². The molecule has 1 aromatic heterocycles. The van der Waals surface area contributed by atoms with Gasteiger partial charge < -0.3 is 15.9 Å². The molecule has 0 radical (unpaired) electrons. The number of benzene rings is 1. The smallest absolute Gasteiger partial charge is 0.230 e. The molecule has 1 atom stereocenters. The molecule has 27 heavy (non-hydrogen) atoms. The number of nitrogen functional groups attached to an aromatic ring is 1. The molecule has 1 unspecified atom stereocenters. The van der Waals surface area contributed by atoms with Gasteiger partial charge in [-0.3, -0.25) is 4.79 Å². The summed E-state index contributed by atoms with van der Waals surface area (Å²) in [6.45, 7) is 6.57. The fourth-order valence-corrected chi connectivity index (χ4v) is 3.43.